The number of ether oxygens (including phenoxy) is 3. The van der Waals surface area contributed by atoms with Gasteiger partial charge in [-0.15, -0.1) is 0 Å². The van der Waals surface area contributed by atoms with Crippen LogP contribution in [0.4, 0.5) is 11.4 Å². The molecule has 2 rings (SSSR count). The number of nitrogens with zero attached hydrogens (tertiary/aromatic N) is 1. The smallest absolute Gasteiger partial charge is 0.355 e. The Labute approximate surface area is 145 Å². The van der Waals surface area contributed by atoms with E-state index in [0.29, 0.717) is 11.4 Å². The molecule has 0 saturated carbocycles. The summed E-state index contributed by atoms with van der Waals surface area (Å²) in [4.78, 5) is 37.3. The molecular weight excluding hydrogens is 328 g/mol. The average molecular weight is 348 g/mol. The molecule has 0 aliphatic carbocycles. The summed E-state index contributed by atoms with van der Waals surface area (Å²) in [6.07, 6.45) is 0. The predicted molar refractivity (Wildman–Crippen MR) is 89.8 cm³/mol. The highest BCUT2D eigenvalue weighted by Gasteiger charge is 2.33. The molecular formula is C17H20N2O6. The molecule has 0 saturated heterocycles. The summed E-state index contributed by atoms with van der Waals surface area (Å²) in [5.41, 5.74) is 1.99. The maximum Gasteiger partial charge on any atom is 0.355 e. The van der Waals surface area contributed by atoms with Gasteiger partial charge in [0.25, 0.3) is 0 Å². The number of benzene rings is 1. The zero-order chi connectivity index (χ0) is 18.6. The van der Waals surface area contributed by atoms with Crippen molar-refractivity contribution in [1.82, 2.24) is 0 Å². The van der Waals surface area contributed by atoms with E-state index in [9.17, 15) is 14.4 Å². The van der Waals surface area contributed by atoms with E-state index >= 15 is 0 Å². The van der Waals surface area contributed by atoms with Gasteiger partial charge in [-0.2, -0.15) is 0 Å². The average Bonchev–Trinajstić information content (AvgIpc) is 2.59. The van der Waals surface area contributed by atoms with Crippen molar-refractivity contribution in [2.45, 2.75) is 13.8 Å². The zero-order valence-electron chi connectivity index (χ0n) is 14.5. The van der Waals surface area contributed by atoms with Crippen molar-refractivity contribution in [3.8, 4) is 0 Å². The minimum atomic E-state index is -0.696. The van der Waals surface area contributed by atoms with Gasteiger partial charge in [0.1, 0.15) is 12.4 Å². The number of anilines is 2. The molecule has 1 aliphatic rings. The summed E-state index contributed by atoms with van der Waals surface area (Å²) in [5, 5.41) is 2.72. The molecule has 8 nitrogen and oxygen atoms in total. The molecule has 25 heavy (non-hydrogen) atoms. The van der Waals surface area contributed by atoms with Crippen molar-refractivity contribution in [2.75, 3.05) is 37.8 Å². The maximum atomic E-state index is 12.3. The van der Waals surface area contributed by atoms with E-state index in [1.54, 1.807) is 12.1 Å². The summed E-state index contributed by atoms with van der Waals surface area (Å²) in [6.45, 7) is 3.20. The van der Waals surface area contributed by atoms with Crippen LogP contribution in [0.15, 0.2) is 29.5 Å². The first kappa shape index (κ1) is 18.5. The van der Waals surface area contributed by atoms with E-state index in [0.717, 1.165) is 5.56 Å². The number of hydrogen-bond acceptors (Lipinski definition) is 7. The SMILES string of the molecule is COC(=O)C1=C(C(=O)OC)N(c2ccc(C)cc2NC(C)=O)COC1. The first-order chi connectivity index (χ1) is 11.9. The molecule has 0 spiro atoms. The fourth-order valence-electron chi connectivity index (χ4n) is 2.51. The van der Waals surface area contributed by atoms with Crippen molar-refractivity contribution < 1.29 is 28.6 Å². The minimum absolute atomic E-state index is 0.0145. The van der Waals surface area contributed by atoms with E-state index in [1.807, 2.05) is 13.0 Å². The number of aryl methyl sites for hydroxylation is 1. The van der Waals surface area contributed by atoms with Gasteiger partial charge in [0, 0.05) is 6.92 Å². The van der Waals surface area contributed by atoms with Crippen molar-refractivity contribution in [1.29, 1.82) is 0 Å². The first-order valence-corrected chi connectivity index (χ1v) is 7.52. The second kappa shape index (κ2) is 7.80. The third-order valence-corrected chi connectivity index (χ3v) is 3.59. The lowest BCUT2D eigenvalue weighted by molar-refractivity contribution is -0.140. The van der Waals surface area contributed by atoms with E-state index in [4.69, 9.17) is 14.2 Å². The third kappa shape index (κ3) is 3.97. The molecule has 1 heterocycles. The largest absolute Gasteiger partial charge is 0.466 e. The third-order valence-electron chi connectivity index (χ3n) is 3.59. The molecule has 0 fully saturated rings. The Balaban J connectivity index is 2.61. The molecule has 134 valence electrons. The number of amides is 1. The number of rotatable bonds is 4. The highest BCUT2D eigenvalue weighted by Crippen LogP contribution is 2.33. The fourth-order valence-corrected chi connectivity index (χ4v) is 2.51. The van der Waals surface area contributed by atoms with E-state index in [2.05, 4.69) is 5.32 Å². The second-order valence-corrected chi connectivity index (χ2v) is 5.42. The number of hydrogen-bond donors (Lipinski definition) is 1. The lowest BCUT2D eigenvalue weighted by Crippen LogP contribution is -2.39. The van der Waals surface area contributed by atoms with Gasteiger partial charge < -0.3 is 24.4 Å². The molecule has 0 aromatic heterocycles. The van der Waals surface area contributed by atoms with Crippen molar-refractivity contribution in [2.24, 2.45) is 0 Å². The van der Waals surface area contributed by atoms with E-state index < -0.39 is 11.9 Å². The molecule has 1 aromatic carbocycles. The van der Waals surface area contributed by atoms with Crippen LogP contribution in [-0.2, 0) is 28.6 Å². The highest BCUT2D eigenvalue weighted by molar-refractivity contribution is 6.04. The molecule has 1 amide bonds. The fraction of sp³-hybridized carbons (Fsp3) is 0.353. The van der Waals surface area contributed by atoms with Gasteiger partial charge >= 0.3 is 11.9 Å². The molecule has 0 unspecified atom stereocenters. The topological polar surface area (TPSA) is 94.2 Å². The molecule has 0 atom stereocenters. The number of nitrogens with one attached hydrogen (secondary N) is 1. The van der Waals surface area contributed by atoms with Crippen LogP contribution >= 0.6 is 0 Å². The van der Waals surface area contributed by atoms with Gasteiger partial charge in [-0.25, -0.2) is 9.59 Å². The molecule has 0 bridgehead atoms. The van der Waals surface area contributed by atoms with Gasteiger partial charge in [0.15, 0.2) is 0 Å². The van der Waals surface area contributed by atoms with Gasteiger partial charge in [-0.1, -0.05) is 6.07 Å². The van der Waals surface area contributed by atoms with E-state index in [1.165, 1.54) is 26.0 Å². The maximum absolute atomic E-state index is 12.3. The number of carbonyl (C=O) groups excluding carboxylic acids is 3. The van der Waals surface area contributed by atoms with Crippen molar-refractivity contribution in [3.05, 3.63) is 35.0 Å². The normalized spacial score (nSPS) is 14.2. The first-order valence-electron chi connectivity index (χ1n) is 7.52. The van der Waals surface area contributed by atoms with Crippen LogP contribution in [0.2, 0.25) is 0 Å². The minimum Gasteiger partial charge on any atom is -0.466 e. The highest BCUT2D eigenvalue weighted by atomic mass is 16.5. The Hall–Kier alpha value is -2.87. The van der Waals surface area contributed by atoms with Crippen molar-refractivity contribution >= 4 is 29.2 Å². The Morgan fingerprint density at radius 3 is 2.44 bits per heavy atom. The lowest BCUT2D eigenvalue weighted by atomic mass is 10.1. The van der Waals surface area contributed by atoms with Crippen LogP contribution in [0.5, 0.6) is 0 Å². The van der Waals surface area contributed by atoms with Crippen LogP contribution in [0.1, 0.15) is 12.5 Å². The monoisotopic (exact) mass is 348 g/mol. The van der Waals surface area contributed by atoms with Gasteiger partial charge in [0.05, 0.1) is 37.8 Å². The molecule has 1 N–H and O–H groups in total. The van der Waals surface area contributed by atoms with Crippen LogP contribution < -0.4 is 10.2 Å². The van der Waals surface area contributed by atoms with Gasteiger partial charge in [-0.05, 0) is 24.6 Å². The summed E-state index contributed by atoms with van der Waals surface area (Å²) in [6, 6.07) is 5.31. The molecule has 1 aliphatic heterocycles. The summed E-state index contributed by atoms with van der Waals surface area (Å²) in [5.74, 6) is -1.64. The second-order valence-electron chi connectivity index (χ2n) is 5.42. The summed E-state index contributed by atoms with van der Waals surface area (Å²) >= 11 is 0. The van der Waals surface area contributed by atoms with Gasteiger partial charge in [0.2, 0.25) is 5.91 Å². The van der Waals surface area contributed by atoms with Gasteiger partial charge in [-0.3, -0.25) is 4.79 Å². The Bertz CT molecular complexity index is 741. The quantitative estimate of drug-likeness (QED) is 0.821. The van der Waals surface area contributed by atoms with Crippen molar-refractivity contribution in [3.63, 3.8) is 0 Å². The lowest BCUT2D eigenvalue weighted by Gasteiger charge is -2.32. The summed E-state index contributed by atoms with van der Waals surface area (Å²) in [7, 11) is 2.44. The van der Waals surface area contributed by atoms with E-state index in [-0.39, 0.29) is 30.5 Å². The van der Waals surface area contributed by atoms with Crippen LogP contribution in [0.25, 0.3) is 0 Å². The number of carbonyl (C=O) groups is 3. The van der Waals surface area contributed by atoms with Crippen LogP contribution in [-0.4, -0.2) is 45.4 Å². The Kier molecular flexibility index (Phi) is 5.76. The number of methoxy groups -OCH3 is 2. The summed E-state index contributed by atoms with van der Waals surface area (Å²) < 4.78 is 15.0. The Morgan fingerprint density at radius 1 is 1.16 bits per heavy atom. The zero-order valence-corrected chi connectivity index (χ0v) is 14.5. The Morgan fingerprint density at radius 2 is 1.84 bits per heavy atom. The standard InChI is InChI=1S/C17H20N2O6/c1-10-5-6-14(13(7-10)18-11(2)20)19-9-25-8-12(16(21)23-3)15(19)17(22)24-4/h5-7H,8-9H2,1-4H3,(H,18,20). The van der Waals surface area contributed by atoms with Crippen LogP contribution in [0.3, 0.4) is 0 Å². The van der Waals surface area contributed by atoms with Crippen LogP contribution in [0, 0.1) is 6.92 Å². The predicted octanol–water partition coefficient (Wildman–Crippen LogP) is 1.35. The molecule has 0 radical (unpaired) electrons. The molecule has 1 aromatic rings. The number of esters is 2. The molecule has 8 heteroatoms.